The van der Waals surface area contributed by atoms with Gasteiger partial charge in [-0.1, -0.05) is 38.3 Å². The summed E-state index contributed by atoms with van der Waals surface area (Å²) in [5.41, 5.74) is 12.0. The van der Waals surface area contributed by atoms with Gasteiger partial charge in [-0.15, -0.1) is 0 Å². The van der Waals surface area contributed by atoms with Crippen molar-refractivity contribution < 1.29 is 0 Å². The molecule has 1 unspecified atom stereocenters. The topological polar surface area (TPSA) is 77.8 Å². The van der Waals surface area contributed by atoms with Crippen molar-refractivity contribution in [2.45, 2.75) is 39.0 Å². The Morgan fingerprint density at radius 3 is 2.53 bits per heavy atom. The lowest BCUT2D eigenvalue weighted by atomic mass is 10.0. The van der Waals surface area contributed by atoms with Crippen molar-refractivity contribution in [2.75, 3.05) is 11.5 Å². The number of anilines is 2. The van der Waals surface area contributed by atoms with Crippen LogP contribution in [0.4, 0.5) is 11.6 Å². The van der Waals surface area contributed by atoms with Crippen LogP contribution in [-0.2, 0) is 0 Å². The Morgan fingerprint density at radius 2 is 1.93 bits per heavy atom. The van der Waals surface area contributed by atoms with E-state index in [1.165, 1.54) is 0 Å². The molecule has 0 aromatic carbocycles. The van der Waals surface area contributed by atoms with E-state index in [0.717, 1.165) is 25.0 Å². The van der Waals surface area contributed by atoms with Crippen molar-refractivity contribution in [3.63, 3.8) is 0 Å². The van der Waals surface area contributed by atoms with E-state index in [1.807, 2.05) is 0 Å². The van der Waals surface area contributed by atoms with E-state index < -0.39 is 0 Å². The molecule has 4 nitrogen and oxygen atoms in total. The molecular formula is C10H17ClN4. The molecule has 0 amide bonds. The monoisotopic (exact) mass is 228 g/mol. The van der Waals surface area contributed by atoms with Crippen LogP contribution in [0, 0.1) is 0 Å². The van der Waals surface area contributed by atoms with Crippen LogP contribution in [0.5, 0.6) is 0 Å². The van der Waals surface area contributed by atoms with Gasteiger partial charge in [0, 0.05) is 5.92 Å². The largest absolute Gasteiger partial charge is 0.382 e. The Labute approximate surface area is 95.0 Å². The van der Waals surface area contributed by atoms with Crippen molar-refractivity contribution in [3.8, 4) is 0 Å². The van der Waals surface area contributed by atoms with Crippen LogP contribution in [0.15, 0.2) is 0 Å². The van der Waals surface area contributed by atoms with Gasteiger partial charge in [0.25, 0.3) is 0 Å². The maximum atomic E-state index is 5.81. The first kappa shape index (κ1) is 12.0. The molecular weight excluding hydrogens is 212 g/mol. The smallest absolute Gasteiger partial charge is 0.171 e. The molecule has 1 aromatic heterocycles. The Morgan fingerprint density at radius 1 is 1.27 bits per heavy atom. The van der Waals surface area contributed by atoms with E-state index in [1.54, 1.807) is 0 Å². The van der Waals surface area contributed by atoms with Gasteiger partial charge >= 0.3 is 0 Å². The molecule has 0 bridgehead atoms. The average molecular weight is 229 g/mol. The molecule has 1 rings (SSSR count). The highest BCUT2D eigenvalue weighted by Gasteiger charge is 2.14. The van der Waals surface area contributed by atoms with Crippen LogP contribution in [0.3, 0.4) is 0 Å². The van der Waals surface area contributed by atoms with Gasteiger partial charge in [-0.3, -0.25) is 0 Å². The van der Waals surface area contributed by atoms with Gasteiger partial charge in [0.2, 0.25) is 0 Å². The molecule has 0 saturated carbocycles. The number of hydrogen-bond donors (Lipinski definition) is 2. The van der Waals surface area contributed by atoms with E-state index >= 15 is 0 Å². The predicted molar refractivity (Wildman–Crippen MR) is 63.8 cm³/mol. The summed E-state index contributed by atoms with van der Waals surface area (Å²) in [6, 6.07) is 0. The predicted octanol–water partition coefficient (Wildman–Crippen LogP) is 2.59. The fourth-order valence-corrected chi connectivity index (χ4v) is 1.60. The van der Waals surface area contributed by atoms with Crippen molar-refractivity contribution >= 4 is 23.2 Å². The van der Waals surface area contributed by atoms with Gasteiger partial charge in [-0.05, 0) is 6.42 Å². The van der Waals surface area contributed by atoms with E-state index in [4.69, 9.17) is 23.1 Å². The summed E-state index contributed by atoms with van der Waals surface area (Å²) in [7, 11) is 0. The maximum Gasteiger partial charge on any atom is 0.171 e. The standard InChI is InChI=1S/C10H17ClN4/c1-3-4-5-6(2)7-9(12)15-10(13)8(11)14-7/h6H,3-5H2,1-2H3,(H4,12,13,15). The van der Waals surface area contributed by atoms with Gasteiger partial charge in [-0.2, -0.15) is 0 Å². The van der Waals surface area contributed by atoms with Crippen LogP contribution in [0.1, 0.15) is 44.7 Å². The highest BCUT2D eigenvalue weighted by atomic mass is 35.5. The lowest BCUT2D eigenvalue weighted by molar-refractivity contribution is 0.611. The van der Waals surface area contributed by atoms with Gasteiger partial charge in [0.1, 0.15) is 5.82 Å². The fourth-order valence-electron chi connectivity index (χ4n) is 1.46. The second-order valence-electron chi connectivity index (χ2n) is 3.71. The molecule has 1 atom stereocenters. The summed E-state index contributed by atoms with van der Waals surface area (Å²) >= 11 is 5.81. The molecule has 0 radical (unpaired) electrons. The van der Waals surface area contributed by atoms with Gasteiger partial charge < -0.3 is 11.5 Å². The quantitative estimate of drug-likeness (QED) is 0.831. The molecule has 1 aromatic rings. The van der Waals surface area contributed by atoms with Crippen LogP contribution in [0.2, 0.25) is 5.15 Å². The van der Waals surface area contributed by atoms with E-state index in [2.05, 4.69) is 23.8 Å². The summed E-state index contributed by atoms with van der Waals surface area (Å²) in [6.45, 7) is 4.22. The lowest BCUT2D eigenvalue weighted by Gasteiger charge is -2.12. The minimum Gasteiger partial charge on any atom is -0.382 e. The summed E-state index contributed by atoms with van der Waals surface area (Å²) < 4.78 is 0. The Kier molecular flexibility index (Phi) is 4.15. The average Bonchev–Trinajstić information content (AvgIpc) is 2.20. The SMILES string of the molecule is CCCCC(C)c1nc(Cl)c(N)nc1N. The number of halogens is 1. The third-order valence-corrected chi connectivity index (χ3v) is 2.67. The molecule has 84 valence electrons. The number of aromatic nitrogens is 2. The Balaban J connectivity index is 2.88. The van der Waals surface area contributed by atoms with Crippen molar-refractivity contribution in [2.24, 2.45) is 0 Å². The second kappa shape index (κ2) is 5.16. The fraction of sp³-hybridized carbons (Fsp3) is 0.600. The van der Waals surface area contributed by atoms with Crippen LogP contribution in [0.25, 0.3) is 0 Å². The second-order valence-corrected chi connectivity index (χ2v) is 4.07. The number of unbranched alkanes of at least 4 members (excludes halogenated alkanes) is 1. The lowest BCUT2D eigenvalue weighted by Crippen LogP contribution is -2.08. The molecule has 0 aliphatic rings. The summed E-state index contributed by atoms with van der Waals surface area (Å²) in [4.78, 5) is 8.14. The van der Waals surface area contributed by atoms with Crippen molar-refractivity contribution in [3.05, 3.63) is 10.8 Å². The highest BCUT2D eigenvalue weighted by molar-refractivity contribution is 6.31. The normalized spacial score (nSPS) is 12.7. The number of nitrogen functional groups attached to an aromatic ring is 2. The van der Waals surface area contributed by atoms with Crippen LogP contribution in [-0.4, -0.2) is 9.97 Å². The van der Waals surface area contributed by atoms with E-state index in [0.29, 0.717) is 5.82 Å². The number of nitrogens with zero attached hydrogens (tertiary/aromatic N) is 2. The Bertz CT molecular complexity index is 340. The van der Waals surface area contributed by atoms with Gasteiger partial charge in [-0.25, -0.2) is 9.97 Å². The molecule has 0 fully saturated rings. The van der Waals surface area contributed by atoms with Crippen LogP contribution < -0.4 is 11.5 Å². The minimum absolute atomic E-state index is 0.195. The van der Waals surface area contributed by atoms with Crippen molar-refractivity contribution in [1.29, 1.82) is 0 Å². The minimum atomic E-state index is 0.195. The van der Waals surface area contributed by atoms with E-state index in [9.17, 15) is 0 Å². The zero-order chi connectivity index (χ0) is 11.4. The zero-order valence-corrected chi connectivity index (χ0v) is 9.88. The molecule has 1 heterocycles. The van der Waals surface area contributed by atoms with Crippen LogP contribution >= 0.6 is 11.6 Å². The molecule has 0 saturated heterocycles. The van der Waals surface area contributed by atoms with E-state index in [-0.39, 0.29) is 16.9 Å². The first-order valence-corrected chi connectivity index (χ1v) is 5.52. The number of rotatable bonds is 4. The maximum absolute atomic E-state index is 5.81. The molecule has 5 heteroatoms. The first-order valence-electron chi connectivity index (χ1n) is 5.14. The highest BCUT2D eigenvalue weighted by Crippen LogP contribution is 2.26. The number of nitrogens with two attached hydrogens (primary N) is 2. The third kappa shape index (κ3) is 2.96. The number of hydrogen-bond acceptors (Lipinski definition) is 4. The molecule has 0 spiro atoms. The first-order chi connectivity index (χ1) is 7.06. The van der Waals surface area contributed by atoms with Gasteiger partial charge in [0.15, 0.2) is 11.0 Å². The molecule has 15 heavy (non-hydrogen) atoms. The molecule has 0 aliphatic carbocycles. The Hall–Kier alpha value is -1.03. The molecule has 0 aliphatic heterocycles. The zero-order valence-electron chi connectivity index (χ0n) is 9.13. The molecule has 4 N–H and O–H groups in total. The summed E-state index contributed by atoms with van der Waals surface area (Å²) in [6.07, 6.45) is 3.33. The third-order valence-electron chi connectivity index (χ3n) is 2.39. The summed E-state index contributed by atoms with van der Waals surface area (Å²) in [5.74, 6) is 0.858. The summed E-state index contributed by atoms with van der Waals surface area (Å²) in [5, 5.41) is 0.238. The van der Waals surface area contributed by atoms with Crippen molar-refractivity contribution in [1.82, 2.24) is 9.97 Å². The van der Waals surface area contributed by atoms with Gasteiger partial charge in [0.05, 0.1) is 5.69 Å².